The van der Waals surface area contributed by atoms with Crippen molar-refractivity contribution < 1.29 is 37.3 Å². The molecule has 1 aliphatic heterocycles. The van der Waals surface area contributed by atoms with Crippen molar-refractivity contribution in [2.75, 3.05) is 13.2 Å². The van der Waals surface area contributed by atoms with Gasteiger partial charge in [0.15, 0.2) is 6.10 Å². The fourth-order valence-electron chi connectivity index (χ4n) is 3.83. The van der Waals surface area contributed by atoms with E-state index in [0.717, 1.165) is 30.7 Å². The Hall–Kier alpha value is -2.71. The molecule has 3 atom stereocenters. The number of carbonyl (C=O) groups is 2. The Morgan fingerprint density at radius 3 is 2.44 bits per heavy atom. The number of hydrogen-bond donors (Lipinski definition) is 0. The molecule has 2 aromatic carbocycles. The highest BCUT2D eigenvalue weighted by Gasteiger charge is 2.52. The first-order chi connectivity index (χ1) is 16.1. The first-order valence-corrected chi connectivity index (χ1v) is 11.3. The molecule has 1 saturated heterocycles. The predicted octanol–water partition coefficient (Wildman–Crippen LogP) is 5.29. The van der Waals surface area contributed by atoms with E-state index in [4.69, 9.17) is 30.5 Å². The van der Waals surface area contributed by atoms with Gasteiger partial charge in [-0.1, -0.05) is 35.9 Å². The third-order valence-corrected chi connectivity index (χ3v) is 5.74. The Kier molecular flexibility index (Phi) is 8.49. The Morgan fingerprint density at radius 1 is 1.12 bits per heavy atom. The van der Waals surface area contributed by atoms with Crippen LogP contribution in [0.5, 0.6) is 5.75 Å². The zero-order valence-electron chi connectivity index (χ0n) is 19.2. The van der Waals surface area contributed by atoms with Gasteiger partial charge in [0.1, 0.15) is 24.6 Å². The van der Waals surface area contributed by atoms with Crippen LogP contribution >= 0.6 is 11.6 Å². The summed E-state index contributed by atoms with van der Waals surface area (Å²) in [5.74, 6) is -3.99. The summed E-state index contributed by atoms with van der Waals surface area (Å²) in [6, 6.07) is 12.6. The van der Waals surface area contributed by atoms with Gasteiger partial charge in [0, 0.05) is 18.9 Å². The fourth-order valence-corrected chi connectivity index (χ4v) is 4.02. The number of halogens is 3. The van der Waals surface area contributed by atoms with Crippen LogP contribution in [-0.4, -0.2) is 43.3 Å². The molecule has 0 aromatic heterocycles. The second-order valence-electron chi connectivity index (χ2n) is 8.07. The van der Waals surface area contributed by atoms with Gasteiger partial charge in [-0.05, 0) is 48.2 Å². The van der Waals surface area contributed by atoms with E-state index < -0.39 is 49.2 Å². The highest BCUT2D eigenvalue weighted by Crippen LogP contribution is 2.42. The zero-order valence-corrected chi connectivity index (χ0v) is 19.9. The summed E-state index contributed by atoms with van der Waals surface area (Å²) in [6.45, 7) is 4.14. The normalized spacial score (nSPS) is 21.5. The van der Waals surface area contributed by atoms with Gasteiger partial charge >= 0.3 is 11.9 Å². The second-order valence-corrected chi connectivity index (χ2v) is 8.47. The molecule has 9 heteroatoms. The molecule has 0 spiro atoms. The van der Waals surface area contributed by atoms with Crippen LogP contribution in [0.2, 0.25) is 5.02 Å². The molecule has 1 heterocycles. The average Bonchev–Trinajstić information content (AvgIpc) is 2.75. The molecule has 0 bridgehead atoms. The molecule has 0 radical (unpaired) electrons. The first kappa shape index (κ1) is 25.9. The molecule has 2 aromatic rings. The lowest BCUT2D eigenvalue weighted by Gasteiger charge is -2.40. The minimum Gasteiger partial charge on any atom is -0.494 e. The van der Waals surface area contributed by atoms with Gasteiger partial charge in [0.05, 0.1) is 13.0 Å². The molecule has 0 N–H and O–H groups in total. The minimum absolute atomic E-state index is 0.483. The Bertz CT molecular complexity index is 1010. The summed E-state index contributed by atoms with van der Waals surface area (Å²) in [6.07, 6.45) is -4.17. The van der Waals surface area contributed by atoms with E-state index in [1.54, 1.807) is 18.2 Å². The van der Waals surface area contributed by atoms with Crippen LogP contribution < -0.4 is 4.74 Å². The van der Waals surface area contributed by atoms with Crippen LogP contribution in [0, 0.1) is 0 Å². The topological polar surface area (TPSA) is 71.1 Å². The van der Waals surface area contributed by atoms with Gasteiger partial charge in [0.2, 0.25) is 0 Å². The SMILES string of the molecule is CCOc1ccc(Cc2cc(C3OC(COC(C)=O)C(F)(F)CC3OC(C)=O)ccc2Cl)cc1. The van der Waals surface area contributed by atoms with Gasteiger partial charge in [-0.25, -0.2) is 8.78 Å². The van der Waals surface area contributed by atoms with E-state index in [1.807, 2.05) is 31.2 Å². The van der Waals surface area contributed by atoms with Crippen LogP contribution in [0.4, 0.5) is 8.78 Å². The molecular formula is C25H27ClF2O6. The highest BCUT2D eigenvalue weighted by molar-refractivity contribution is 6.31. The van der Waals surface area contributed by atoms with Crippen LogP contribution in [0.3, 0.4) is 0 Å². The Labute approximate surface area is 202 Å². The molecule has 0 saturated carbocycles. The third kappa shape index (κ3) is 6.67. The van der Waals surface area contributed by atoms with E-state index in [1.165, 1.54) is 0 Å². The van der Waals surface area contributed by atoms with E-state index in [2.05, 4.69) is 0 Å². The summed E-state index contributed by atoms with van der Waals surface area (Å²) < 4.78 is 50.5. The number of esters is 2. The molecular weight excluding hydrogens is 470 g/mol. The molecule has 0 amide bonds. The number of benzene rings is 2. The van der Waals surface area contributed by atoms with Crippen molar-refractivity contribution in [3.8, 4) is 5.75 Å². The van der Waals surface area contributed by atoms with Crippen molar-refractivity contribution in [1.82, 2.24) is 0 Å². The van der Waals surface area contributed by atoms with E-state index in [0.29, 0.717) is 23.6 Å². The number of alkyl halides is 2. The molecule has 0 aliphatic carbocycles. The minimum atomic E-state index is -3.36. The number of rotatable bonds is 8. The molecule has 34 heavy (non-hydrogen) atoms. The second kappa shape index (κ2) is 11.1. The van der Waals surface area contributed by atoms with E-state index in [9.17, 15) is 18.4 Å². The molecule has 6 nitrogen and oxygen atoms in total. The summed E-state index contributed by atoms with van der Waals surface area (Å²) in [7, 11) is 0. The maximum atomic E-state index is 14.7. The summed E-state index contributed by atoms with van der Waals surface area (Å²) in [5, 5.41) is 0.499. The molecule has 184 valence electrons. The maximum absolute atomic E-state index is 14.7. The standard InChI is InChI=1S/C25H27ClF2O6/c1-4-31-20-8-5-17(6-9-20)11-19-12-18(7-10-21(19)26)24-22(33-16(3)30)13-25(27,28)23(34-24)14-32-15(2)29/h5-10,12,22-24H,4,11,13-14H2,1-3H3. The van der Waals surface area contributed by atoms with Gasteiger partial charge < -0.3 is 18.9 Å². The van der Waals surface area contributed by atoms with Crippen LogP contribution in [0.1, 0.15) is 50.0 Å². The van der Waals surface area contributed by atoms with Crippen molar-refractivity contribution in [1.29, 1.82) is 0 Å². The van der Waals surface area contributed by atoms with Crippen molar-refractivity contribution in [2.24, 2.45) is 0 Å². The van der Waals surface area contributed by atoms with Gasteiger partial charge in [-0.15, -0.1) is 0 Å². The quantitative estimate of drug-likeness (QED) is 0.462. The fraction of sp³-hybridized carbons (Fsp3) is 0.440. The molecule has 3 unspecified atom stereocenters. The number of ether oxygens (including phenoxy) is 4. The van der Waals surface area contributed by atoms with Crippen molar-refractivity contribution in [3.05, 3.63) is 64.2 Å². The zero-order chi connectivity index (χ0) is 24.9. The summed E-state index contributed by atoms with van der Waals surface area (Å²) >= 11 is 6.42. The van der Waals surface area contributed by atoms with Crippen molar-refractivity contribution >= 4 is 23.5 Å². The van der Waals surface area contributed by atoms with Crippen molar-refractivity contribution in [2.45, 2.75) is 57.8 Å². The van der Waals surface area contributed by atoms with Gasteiger partial charge in [-0.3, -0.25) is 9.59 Å². The van der Waals surface area contributed by atoms with Crippen LogP contribution in [0.25, 0.3) is 0 Å². The molecule has 1 aliphatic rings. The average molecular weight is 497 g/mol. The smallest absolute Gasteiger partial charge is 0.303 e. The van der Waals surface area contributed by atoms with Gasteiger partial charge in [-0.2, -0.15) is 0 Å². The Morgan fingerprint density at radius 2 is 1.82 bits per heavy atom. The maximum Gasteiger partial charge on any atom is 0.303 e. The van der Waals surface area contributed by atoms with Crippen LogP contribution in [0.15, 0.2) is 42.5 Å². The van der Waals surface area contributed by atoms with Crippen LogP contribution in [-0.2, 0) is 30.2 Å². The number of carbonyl (C=O) groups excluding carboxylic acids is 2. The third-order valence-electron chi connectivity index (χ3n) is 5.38. The summed E-state index contributed by atoms with van der Waals surface area (Å²) in [4.78, 5) is 22.8. The van der Waals surface area contributed by atoms with Crippen molar-refractivity contribution in [3.63, 3.8) is 0 Å². The lowest BCUT2D eigenvalue weighted by atomic mass is 9.91. The molecule has 3 rings (SSSR count). The lowest BCUT2D eigenvalue weighted by molar-refractivity contribution is -0.253. The highest BCUT2D eigenvalue weighted by atomic mass is 35.5. The number of hydrogen-bond acceptors (Lipinski definition) is 6. The lowest BCUT2D eigenvalue weighted by Crippen LogP contribution is -2.51. The van der Waals surface area contributed by atoms with E-state index in [-0.39, 0.29) is 0 Å². The van der Waals surface area contributed by atoms with Gasteiger partial charge in [0.25, 0.3) is 5.92 Å². The first-order valence-electron chi connectivity index (χ1n) is 10.9. The largest absolute Gasteiger partial charge is 0.494 e. The van der Waals surface area contributed by atoms with E-state index >= 15 is 0 Å². The summed E-state index contributed by atoms with van der Waals surface area (Å²) in [5.41, 5.74) is 2.25. The predicted molar refractivity (Wildman–Crippen MR) is 121 cm³/mol. The Balaban J connectivity index is 1.88. The molecule has 1 fully saturated rings. The monoisotopic (exact) mass is 496 g/mol.